The van der Waals surface area contributed by atoms with Crippen molar-refractivity contribution < 1.29 is 9.53 Å². The van der Waals surface area contributed by atoms with Crippen molar-refractivity contribution in [3.63, 3.8) is 0 Å². The Morgan fingerprint density at radius 3 is 2.67 bits per heavy atom. The standard InChI is InChI=1S/C22H21N3O2/c1-14(2)9-17(26)13-27-22-6-4-16(11-24-22)15-3-5-18-19-12-23-8-7-20(19)25-21(18)10-15/h3-8,10-12,14,25H,9,13H2,1-2H3. The molecule has 4 aromatic rings. The van der Waals surface area contributed by atoms with Crippen LogP contribution in [0.3, 0.4) is 0 Å². The molecule has 0 bridgehead atoms. The van der Waals surface area contributed by atoms with Crippen LogP contribution in [0.5, 0.6) is 5.88 Å². The number of nitrogens with zero attached hydrogens (tertiary/aromatic N) is 2. The number of hydrogen-bond donors (Lipinski definition) is 1. The lowest BCUT2D eigenvalue weighted by Gasteiger charge is -2.07. The van der Waals surface area contributed by atoms with E-state index >= 15 is 0 Å². The summed E-state index contributed by atoms with van der Waals surface area (Å²) in [6.45, 7) is 4.11. The minimum atomic E-state index is 0.0690. The summed E-state index contributed by atoms with van der Waals surface area (Å²) in [5.41, 5.74) is 4.20. The number of rotatable bonds is 6. The maximum Gasteiger partial charge on any atom is 0.213 e. The van der Waals surface area contributed by atoms with Crippen molar-refractivity contribution in [2.24, 2.45) is 5.92 Å². The number of pyridine rings is 2. The highest BCUT2D eigenvalue weighted by molar-refractivity contribution is 6.07. The van der Waals surface area contributed by atoms with Crippen molar-refractivity contribution in [1.82, 2.24) is 15.0 Å². The minimum absolute atomic E-state index is 0.0690. The predicted molar refractivity (Wildman–Crippen MR) is 107 cm³/mol. The van der Waals surface area contributed by atoms with Gasteiger partial charge in [-0.1, -0.05) is 26.0 Å². The highest BCUT2D eigenvalue weighted by Crippen LogP contribution is 2.29. The van der Waals surface area contributed by atoms with E-state index in [4.69, 9.17) is 4.74 Å². The second kappa shape index (κ2) is 7.19. The first-order valence-electron chi connectivity index (χ1n) is 9.06. The third-order valence-corrected chi connectivity index (χ3v) is 4.49. The molecule has 0 saturated heterocycles. The van der Waals surface area contributed by atoms with E-state index in [9.17, 15) is 4.79 Å². The summed E-state index contributed by atoms with van der Waals surface area (Å²) >= 11 is 0. The Bertz CT molecular complexity index is 1100. The lowest BCUT2D eigenvalue weighted by atomic mass is 10.1. The molecule has 0 unspecified atom stereocenters. The van der Waals surface area contributed by atoms with Crippen LogP contribution in [0.25, 0.3) is 32.9 Å². The molecule has 1 aromatic carbocycles. The van der Waals surface area contributed by atoms with Gasteiger partial charge in [-0.25, -0.2) is 4.98 Å². The number of H-pyrrole nitrogens is 1. The number of aromatic nitrogens is 3. The van der Waals surface area contributed by atoms with Crippen molar-refractivity contribution in [1.29, 1.82) is 0 Å². The summed E-state index contributed by atoms with van der Waals surface area (Å²) in [5, 5.41) is 2.27. The highest BCUT2D eigenvalue weighted by Gasteiger charge is 2.08. The van der Waals surface area contributed by atoms with E-state index in [1.807, 2.05) is 32.2 Å². The molecule has 0 radical (unpaired) electrons. The van der Waals surface area contributed by atoms with Gasteiger partial charge in [0.15, 0.2) is 5.78 Å². The molecule has 0 aliphatic heterocycles. The van der Waals surface area contributed by atoms with Gasteiger partial charge < -0.3 is 9.72 Å². The maximum atomic E-state index is 11.8. The molecular formula is C22H21N3O2. The normalized spacial score (nSPS) is 11.4. The Labute approximate surface area is 157 Å². The zero-order valence-corrected chi connectivity index (χ0v) is 15.4. The third-order valence-electron chi connectivity index (χ3n) is 4.49. The third kappa shape index (κ3) is 3.67. The van der Waals surface area contributed by atoms with Gasteiger partial charge in [-0.05, 0) is 29.7 Å². The highest BCUT2D eigenvalue weighted by atomic mass is 16.5. The van der Waals surface area contributed by atoms with Gasteiger partial charge in [0.05, 0.1) is 0 Å². The number of ether oxygens (including phenoxy) is 1. The number of nitrogens with one attached hydrogen (secondary N) is 1. The molecule has 27 heavy (non-hydrogen) atoms. The fourth-order valence-corrected chi connectivity index (χ4v) is 3.23. The molecule has 0 aliphatic rings. The lowest BCUT2D eigenvalue weighted by molar-refractivity contribution is -0.121. The Balaban J connectivity index is 1.53. The number of carbonyl (C=O) groups excluding carboxylic acids is 1. The molecule has 3 aromatic heterocycles. The minimum Gasteiger partial charge on any atom is -0.470 e. The number of aromatic amines is 1. The molecule has 0 atom stereocenters. The molecule has 4 rings (SSSR count). The summed E-state index contributed by atoms with van der Waals surface area (Å²) in [6.07, 6.45) is 5.96. The van der Waals surface area contributed by atoms with Crippen LogP contribution in [0.1, 0.15) is 20.3 Å². The van der Waals surface area contributed by atoms with E-state index in [-0.39, 0.29) is 12.4 Å². The molecular weight excluding hydrogens is 338 g/mol. The molecule has 5 heteroatoms. The van der Waals surface area contributed by atoms with Gasteiger partial charge in [-0.15, -0.1) is 0 Å². The molecule has 3 heterocycles. The number of carbonyl (C=O) groups is 1. The van der Waals surface area contributed by atoms with Crippen LogP contribution in [0.2, 0.25) is 0 Å². The van der Waals surface area contributed by atoms with Crippen LogP contribution in [-0.4, -0.2) is 27.3 Å². The van der Waals surface area contributed by atoms with Crippen LogP contribution in [0.15, 0.2) is 55.0 Å². The topological polar surface area (TPSA) is 67.9 Å². The number of benzene rings is 1. The van der Waals surface area contributed by atoms with Crippen molar-refractivity contribution in [2.75, 3.05) is 6.61 Å². The van der Waals surface area contributed by atoms with Crippen molar-refractivity contribution in [3.8, 4) is 17.0 Å². The maximum absolute atomic E-state index is 11.8. The second-order valence-electron chi connectivity index (χ2n) is 7.12. The van der Waals surface area contributed by atoms with E-state index < -0.39 is 0 Å². The second-order valence-corrected chi connectivity index (χ2v) is 7.12. The molecule has 1 N–H and O–H groups in total. The Kier molecular flexibility index (Phi) is 4.59. The van der Waals surface area contributed by atoms with E-state index in [0.29, 0.717) is 18.2 Å². The fraction of sp³-hybridized carbons (Fsp3) is 0.227. The Morgan fingerprint density at radius 1 is 1.04 bits per heavy atom. The first-order valence-corrected chi connectivity index (χ1v) is 9.06. The predicted octanol–water partition coefficient (Wildman–Crippen LogP) is 4.77. The molecule has 136 valence electrons. The number of ketones is 1. The van der Waals surface area contributed by atoms with Gasteiger partial charge in [0.2, 0.25) is 5.88 Å². The smallest absolute Gasteiger partial charge is 0.213 e. The van der Waals surface area contributed by atoms with Crippen LogP contribution >= 0.6 is 0 Å². The van der Waals surface area contributed by atoms with Crippen LogP contribution in [-0.2, 0) is 4.79 Å². The Hall–Kier alpha value is -3.21. The average molecular weight is 359 g/mol. The molecule has 0 saturated carbocycles. The van der Waals surface area contributed by atoms with Gasteiger partial charge in [0.25, 0.3) is 0 Å². The number of hydrogen-bond acceptors (Lipinski definition) is 4. The van der Waals surface area contributed by atoms with E-state index in [0.717, 1.165) is 32.9 Å². The van der Waals surface area contributed by atoms with Crippen molar-refractivity contribution >= 4 is 27.6 Å². The van der Waals surface area contributed by atoms with Crippen LogP contribution < -0.4 is 4.74 Å². The zero-order valence-electron chi connectivity index (χ0n) is 15.4. The van der Waals surface area contributed by atoms with Crippen molar-refractivity contribution in [2.45, 2.75) is 20.3 Å². The summed E-state index contributed by atoms with van der Waals surface area (Å²) in [4.78, 5) is 23.7. The molecule has 0 amide bonds. The fourth-order valence-electron chi connectivity index (χ4n) is 3.23. The largest absolute Gasteiger partial charge is 0.470 e. The van der Waals surface area contributed by atoms with Gasteiger partial charge in [0.1, 0.15) is 6.61 Å². The van der Waals surface area contributed by atoms with Crippen LogP contribution in [0.4, 0.5) is 0 Å². The summed E-state index contributed by atoms with van der Waals surface area (Å²) in [5.74, 6) is 0.898. The lowest BCUT2D eigenvalue weighted by Crippen LogP contribution is -2.13. The molecule has 0 spiro atoms. The SMILES string of the molecule is CC(C)CC(=O)COc1ccc(-c2ccc3c(c2)[nH]c2ccncc23)cn1. The van der Waals surface area contributed by atoms with E-state index in [1.54, 1.807) is 18.5 Å². The first-order chi connectivity index (χ1) is 13.1. The van der Waals surface area contributed by atoms with Crippen molar-refractivity contribution in [3.05, 3.63) is 55.0 Å². The Morgan fingerprint density at radius 2 is 1.89 bits per heavy atom. The first kappa shape index (κ1) is 17.2. The number of fused-ring (bicyclic) bond motifs is 3. The van der Waals surface area contributed by atoms with Gasteiger partial charge in [-0.3, -0.25) is 9.78 Å². The van der Waals surface area contributed by atoms with Gasteiger partial charge in [0, 0.05) is 58.4 Å². The molecule has 0 aliphatic carbocycles. The summed E-state index contributed by atoms with van der Waals surface area (Å²) in [6, 6.07) is 12.0. The zero-order chi connectivity index (χ0) is 18.8. The average Bonchev–Trinajstić information content (AvgIpc) is 3.04. The summed E-state index contributed by atoms with van der Waals surface area (Å²) in [7, 11) is 0. The van der Waals surface area contributed by atoms with Crippen LogP contribution in [0, 0.1) is 5.92 Å². The molecule has 0 fully saturated rings. The summed E-state index contributed by atoms with van der Waals surface area (Å²) < 4.78 is 5.50. The number of Topliss-reactive ketones (excluding diaryl/α,β-unsaturated/α-hetero) is 1. The van der Waals surface area contributed by atoms with Gasteiger partial charge in [-0.2, -0.15) is 0 Å². The quantitative estimate of drug-likeness (QED) is 0.538. The van der Waals surface area contributed by atoms with E-state index in [1.165, 1.54) is 0 Å². The molecule has 5 nitrogen and oxygen atoms in total. The van der Waals surface area contributed by atoms with E-state index in [2.05, 4.69) is 33.2 Å². The monoisotopic (exact) mass is 359 g/mol. The van der Waals surface area contributed by atoms with Gasteiger partial charge >= 0.3 is 0 Å².